The van der Waals surface area contributed by atoms with Crippen LogP contribution in [0.4, 0.5) is 17.6 Å². The Labute approximate surface area is 148 Å². The number of hydrogen-bond acceptors (Lipinski definition) is 3. The summed E-state index contributed by atoms with van der Waals surface area (Å²) in [7, 11) is -4.17. The first-order valence-electron chi connectivity index (χ1n) is 7.89. The van der Waals surface area contributed by atoms with Gasteiger partial charge in [0.25, 0.3) is 0 Å². The van der Waals surface area contributed by atoms with Crippen molar-refractivity contribution in [2.45, 2.75) is 11.4 Å². The van der Waals surface area contributed by atoms with Crippen molar-refractivity contribution in [2.24, 2.45) is 0 Å². The third-order valence-electron chi connectivity index (χ3n) is 4.27. The molecule has 3 rings (SSSR count). The van der Waals surface area contributed by atoms with Crippen LogP contribution in [0.1, 0.15) is 5.56 Å². The van der Waals surface area contributed by atoms with Crippen LogP contribution in [0.25, 0.3) is 0 Å². The molecule has 0 N–H and O–H groups in total. The molecule has 26 heavy (non-hydrogen) atoms. The number of hydrogen-bond donors (Lipinski definition) is 0. The zero-order valence-electron chi connectivity index (χ0n) is 13.6. The fourth-order valence-corrected chi connectivity index (χ4v) is 4.35. The lowest BCUT2D eigenvalue weighted by Crippen LogP contribution is -2.48. The van der Waals surface area contributed by atoms with Crippen LogP contribution in [0.5, 0.6) is 0 Å². The van der Waals surface area contributed by atoms with E-state index in [0.717, 1.165) is 22.5 Å². The second-order valence-electron chi connectivity index (χ2n) is 5.97. The van der Waals surface area contributed by atoms with Gasteiger partial charge < -0.3 is 0 Å². The van der Waals surface area contributed by atoms with Crippen LogP contribution in [0.2, 0.25) is 0 Å². The van der Waals surface area contributed by atoms with Crippen LogP contribution in [0, 0.1) is 23.3 Å². The highest BCUT2D eigenvalue weighted by molar-refractivity contribution is 7.89. The summed E-state index contributed by atoms with van der Waals surface area (Å²) in [4.78, 5) is 1.06. The predicted octanol–water partition coefficient (Wildman–Crippen LogP) is 2.75. The van der Waals surface area contributed by atoms with Gasteiger partial charge in [-0.3, -0.25) is 4.90 Å². The van der Waals surface area contributed by atoms with E-state index < -0.39 is 38.2 Å². The van der Waals surface area contributed by atoms with Crippen LogP contribution in [-0.2, 0) is 16.6 Å². The van der Waals surface area contributed by atoms with Crippen molar-refractivity contribution in [1.82, 2.24) is 9.21 Å². The molecule has 2 aromatic rings. The van der Waals surface area contributed by atoms with Gasteiger partial charge in [-0.1, -0.05) is 12.1 Å². The van der Waals surface area contributed by atoms with Gasteiger partial charge in [0.05, 0.1) is 0 Å². The number of rotatable bonds is 4. The summed E-state index contributed by atoms with van der Waals surface area (Å²) in [5.41, 5.74) is 0.178. The van der Waals surface area contributed by atoms with E-state index in [1.807, 2.05) is 0 Å². The van der Waals surface area contributed by atoms with E-state index in [-0.39, 0.29) is 38.3 Å². The Morgan fingerprint density at radius 2 is 1.58 bits per heavy atom. The van der Waals surface area contributed by atoms with Gasteiger partial charge in [-0.05, 0) is 24.3 Å². The zero-order chi connectivity index (χ0) is 18.9. The van der Waals surface area contributed by atoms with Gasteiger partial charge in [-0.15, -0.1) is 0 Å². The summed E-state index contributed by atoms with van der Waals surface area (Å²) in [6.45, 7) is 0.717. The average Bonchev–Trinajstić information content (AvgIpc) is 2.61. The van der Waals surface area contributed by atoms with E-state index in [2.05, 4.69) is 0 Å². The van der Waals surface area contributed by atoms with E-state index >= 15 is 0 Å². The van der Waals surface area contributed by atoms with Gasteiger partial charge >= 0.3 is 0 Å². The SMILES string of the molecule is O=S(=O)(c1cc(F)ccc1F)N1CCN(Cc2cccc(F)c2F)CC1. The Morgan fingerprint density at radius 1 is 0.885 bits per heavy atom. The fourth-order valence-electron chi connectivity index (χ4n) is 2.85. The molecule has 4 nitrogen and oxygen atoms in total. The molecular formula is C17H16F4N2O2S. The highest BCUT2D eigenvalue weighted by Crippen LogP contribution is 2.22. The standard InChI is InChI=1S/C17H16F4N2O2S/c18-13-4-5-14(19)16(10-13)26(24,25)23-8-6-22(7-9-23)11-12-2-1-3-15(20)17(12)21/h1-5,10H,6-9,11H2. The van der Waals surface area contributed by atoms with Crippen molar-refractivity contribution in [1.29, 1.82) is 0 Å². The lowest BCUT2D eigenvalue weighted by Gasteiger charge is -2.34. The minimum absolute atomic E-state index is 0.0369. The van der Waals surface area contributed by atoms with E-state index in [1.165, 1.54) is 12.1 Å². The first kappa shape index (κ1) is 18.8. The van der Waals surface area contributed by atoms with Crippen LogP contribution < -0.4 is 0 Å². The zero-order valence-corrected chi connectivity index (χ0v) is 14.4. The number of sulfonamides is 1. The van der Waals surface area contributed by atoms with Crippen molar-refractivity contribution in [3.63, 3.8) is 0 Å². The molecule has 0 aromatic heterocycles. The predicted molar refractivity (Wildman–Crippen MR) is 86.8 cm³/mol. The largest absolute Gasteiger partial charge is 0.296 e. The van der Waals surface area contributed by atoms with E-state index in [0.29, 0.717) is 6.07 Å². The molecule has 0 aliphatic carbocycles. The molecule has 0 radical (unpaired) electrons. The molecular weight excluding hydrogens is 372 g/mol. The molecule has 1 heterocycles. The molecule has 0 atom stereocenters. The molecule has 1 aliphatic heterocycles. The van der Waals surface area contributed by atoms with Crippen molar-refractivity contribution in [3.05, 3.63) is 65.2 Å². The topological polar surface area (TPSA) is 40.6 Å². The minimum Gasteiger partial charge on any atom is -0.296 e. The van der Waals surface area contributed by atoms with Crippen molar-refractivity contribution in [2.75, 3.05) is 26.2 Å². The Balaban J connectivity index is 1.70. The van der Waals surface area contributed by atoms with E-state index in [9.17, 15) is 26.0 Å². The van der Waals surface area contributed by atoms with E-state index in [4.69, 9.17) is 0 Å². The van der Waals surface area contributed by atoms with Crippen molar-refractivity contribution in [3.8, 4) is 0 Å². The molecule has 0 saturated carbocycles. The normalized spacial score (nSPS) is 16.8. The molecule has 1 aliphatic rings. The van der Waals surface area contributed by atoms with Crippen LogP contribution >= 0.6 is 0 Å². The average molecular weight is 388 g/mol. The second-order valence-corrected chi connectivity index (χ2v) is 7.87. The summed E-state index contributed by atoms with van der Waals surface area (Å²) in [6, 6.07) is 6.16. The lowest BCUT2D eigenvalue weighted by molar-refractivity contribution is 0.179. The lowest BCUT2D eigenvalue weighted by atomic mass is 10.2. The molecule has 0 spiro atoms. The maximum Gasteiger partial charge on any atom is 0.246 e. The van der Waals surface area contributed by atoms with Crippen LogP contribution in [-0.4, -0.2) is 43.8 Å². The maximum atomic E-state index is 13.8. The number of piperazine rings is 1. The molecule has 0 amide bonds. The summed E-state index contributed by atoms with van der Waals surface area (Å²) in [6.07, 6.45) is 0. The van der Waals surface area contributed by atoms with E-state index in [1.54, 1.807) is 4.90 Å². The minimum atomic E-state index is -4.17. The van der Waals surface area contributed by atoms with Gasteiger partial charge in [0.15, 0.2) is 11.6 Å². The summed E-state index contributed by atoms with van der Waals surface area (Å²) in [5, 5.41) is 0. The van der Waals surface area contributed by atoms with Gasteiger partial charge in [-0.2, -0.15) is 4.31 Å². The number of nitrogens with zero attached hydrogens (tertiary/aromatic N) is 2. The second kappa shape index (κ2) is 7.34. The summed E-state index contributed by atoms with van der Waals surface area (Å²) < 4.78 is 80.2. The monoisotopic (exact) mass is 388 g/mol. The van der Waals surface area contributed by atoms with Gasteiger partial charge in [-0.25, -0.2) is 26.0 Å². The first-order chi connectivity index (χ1) is 12.3. The fraction of sp³-hybridized carbons (Fsp3) is 0.294. The highest BCUT2D eigenvalue weighted by Gasteiger charge is 2.31. The van der Waals surface area contributed by atoms with Gasteiger partial charge in [0.2, 0.25) is 10.0 Å². The van der Waals surface area contributed by atoms with Crippen molar-refractivity contribution >= 4 is 10.0 Å². The Hall–Kier alpha value is -1.97. The quantitative estimate of drug-likeness (QED) is 0.757. The summed E-state index contributed by atoms with van der Waals surface area (Å²) in [5.74, 6) is -3.73. The molecule has 1 fully saturated rings. The third-order valence-corrected chi connectivity index (χ3v) is 6.18. The summed E-state index contributed by atoms with van der Waals surface area (Å²) >= 11 is 0. The molecule has 140 valence electrons. The maximum absolute atomic E-state index is 13.8. The number of benzene rings is 2. The number of halogens is 4. The molecule has 9 heteroatoms. The first-order valence-corrected chi connectivity index (χ1v) is 9.33. The Bertz CT molecular complexity index is 913. The van der Waals surface area contributed by atoms with Crippen LogP contribution in [0.3, 0.4) is 0 Å². The molecule has 0 unspecified atom stereocenters. The third kappa shape index (κ3) is 3.74. The van der Waals surface area contributed by atoms with Gasteiger partial charge in [0, 0.05) is 38.3 Å². The molecule has 0 bridgehead atoms. The van der Waals surface area contributed by atoms with Crippen molar-refractivity contribution < 1.29 is 26.0 Å². The molecule has 2 aromatic carbocycles. The Morgan fingerprint density at radius 3 is 2.27 bits per heavy atom. The highest BCUT2D eigenvalue weighted by atomic mass is 32.2. The van der Waals surface area contributed by atoms with Crippen LogP contribution in [0.15, 0.2) is 41.3 Å². The molecule has 1 saturated heterocycles. The smallest absolute Gasteiger partial charge is 0.246 e. The van der Waals surface area contributed by atoms with Gasteiger partial charge in [0.1, 0.15) is 16.5 Å². The Kier molecular flexibility index (Phi) is 5.31.